The van der Waals surface area contributed by atoms with E-state index in [9.17, 15) is 5.11 Å². The smallest absolute Gasteiger partial charge is 0.127 e. The lowest BCUT2D eigenvalue weighted by Gasteiger charge is -2.47. The van der Waals surface area contributed by atoms with Gasteiger partial charge in [-0.2, -0.15) is 0 Å². The van der Waals surface area contributed by atoms with Gasteiger partial charge in [-0.15, -0.1) is 0 Å². The molecule has 1 heterocycles. The van der Waals surface area contributed by atoms with Crippen LogP contribution in [-0.4, -0.2) is 10.7 Å². The Morgan fingerprint density at radius 1 is 1.04 bits per heavy atom. The Labute approximate surface area is 150 Å². The van der Waals surface area contributed by atoms with Crippen molar-refractivity contribution >= 4 is 0 Å². The molecule has 1 aliphatic heterocycles. The molecular weight excluding hydrogens is 308 g/mol. The third kappa shape index (κ3) is 2.74. The molecule has 0 saturated carbocycles. The molecule has 2 aromatic carbocycles. The molecule has 2 heteroatoms. The molecule has 4 rings (SSSR count). The number of fused-ring (bicyclic) bond motifs is 3. The van der Waals surface area contributed by atoms with Crippen LogP contribution in [0.3, 0.4) is 0 Å². The Bertz CT molecular complexity index is 843. The first-order chi connectivity index (χ1) is 11.8. The van der Waals surface area contributed by atoms with Crippen molar-refractivity contribution in [1.82, 2.24) is 0 Å². The van der Waals surface area contributed by atoms with Crippen LogP contribution in [0.4, 0.5) is 0 Å². The van der Waals surface area contributed by atoms with Gasteiger partial charge in [0, 0.05) is 17.4 Å². The van der Waals surface area contributed by atoms with Gasteiger partial charge in [0.2, 0.25) is 0 Å². The van der Waals surface area contributed by atoms with Gasteiger partial charge in [0.25, 0.3) is 0 Å². The van der Waals surface area contributed by atoms with Gasteiger partial charge in [-0.05, 0) is 63.8 Å². The van der Waals surface area contributed by atoms with Crippen LogP contribution >= 0.6 is 0 Å². The van der Waals surface area contributed by atoms with Crippen molar-refractivity contribution in [3.63, 3.8) is 0 Å². The molecule has 25 heavy (non-hydrogen) atoms. The fourth-order valence-corrected chi connectivity index (χ4v) is 4.48. The van der Waals surface area contributed by atoms with E-state index in [4.69, 9.17) is 4.74 Å². The molecule has 0 saturated heterocycles. The van der Waals surface area contributed by atoms with Crippen molar-refractivity contribution in [3.8, 4) is 22.6 Å². The average molecular weight is 334 g/mol. The number of benzene rings is 2. The van der Waals surface area contributed by atoms with Gasteiger partial charge in [0.15, 0.2) is 0 Å². The second kappa shape index (κ2) is 5.66. The first-order valence-corrected chi connectivity index (χ1v) is 9.14. The fourth-order valence-electron chi connectivity index (χ4n) is 4.48. The van der Waals surface area contributed by atoms with Crippen molar-refractivity contribution in [2.24, 2.45) is 5.92 Å². The maximum absolute atomic E-state index is 10.8. The van der Waals surface area contributed by atoms with Crippen molar-refractivity contribution in [3.05, 3.63) is 59.2 Å². The third-order valence-electron chi connectivity index (χ3n) is 5.89. The molecule has 0 bridgehead atoms. The highest BCUT2D eigenvalue weighted by Gasteiger charge is 2.45. The van der Waals surface area contributed by atoms with E-state index in [1.807, 2.05) is 6.07 Å². The van der Waals surface area contributed by atoms with Crippen LogP contribution in [0, 0.1) is 12.8 Å². The highest BCUT2D eigenvalue weighted by atomic mass is 16.5. The van der Waals surface area contributed by atoms with Gasteiger partial charge < -0.3 is 9.84 Å². The van der Waals surface area contributed by atoms with Crippen LogP contribution < -0.4 is 4.74 Å². The average Bonchev–Trinajstić information content (AvgIpc) is 2.54. The number of ether oxygens (including phenoxy) is 1. The molecule has 0 fully saturated rings. The van der Waals surface area contributed by atoms with Gasteiger partial charge in [-0.25, -0.2) is 0 Å². The molecule has 1 N–H and O–H groups in total. The van der Waals surface area contributed by atoms with E-state index in [1.54, 1.807) is 0 Å². The standard InChI is InChI=1S/C23H26O2/c1-14-5-8-16(9-6-14)17-12-20(24)22-18-11-15(2)7-10-19(18)23(3,4)25-21(22)13-17/h5-9,12-13,18-19,24H,10-11H2,1-4H3/t18-,19-/m1/s1. The first kappa shape index (κ1) is 16.3. The number of phenolic OH excluding ortho intramolecular Hbond substituents is 1. The van der Waals surface area contributed by atoms with Gasteiger partial charge in [-0.1, -0.05) is 41.5 Å². The Kier molecular flexibility index (Phi) is 3.68. The molecular formula is C23H26O2. The normalized spacial score (nSPS) is 23.9. The van der Waals surface area contributed by atoms with Crippen molar-refractivity contribution in [2.45, 2.75) is 52.1 Å². The zero-order valence-corrected chi connectivity index (χ0v) is 15.5. The van der Waals surface area contributed by atoms with Crippen LogP contribution in [0.15, 0.2) is 48.0 Å². The van der Waals surface area contributed by atoms with E-state index in [2.05, 4.69) is 64.1 Å². The number of aryl methyl sites for hydroxylation is 1. The highest BCUT2D eigenvalue weighted by molar-refractivity contribution is 5.70. The Balaban J connectivity index is 1.84. The van der Waals surface area contributed by atoms with Crippen LogP contribution in [-0.2, 0) is 0 Å². The molecule has 2 atom stereocenters. The summed E-state index contributed by atoms with van der Waals surface area (Å²) in [6.07, 6.45) is 4.35. The fraction of sp³-hybridized carbons (Fsp3) is 0.391. The van der Waals surface area contributed by atoms with E-state index >= 15 is 0 Å². The topological polar surface area (TPSA) is 29.5 Å². The van der Waals surface area contributed by atoms with Crippen LogP contribution in [0.5, 0.6) is 11.5 Å². The molecule has 0 spiro atoms. The van der Waals surface area contributed by atoms with Gasteiger partial charge in [0.1, 0.15) is 17.1 Å². The minimum absolute atomic E-state index is 0.229. The molecule has 0 amide bonds. The summed E-state index contributed by atoms with van der Waals surface area (Å²) in [5, 5.41) is 10.8. The highest BCUT2D eigenvalue weighted by Crippen LogP contribution is 2.54. The zero-order chi connectivity index (χ0) is 17.8. The Morgan fingerprint density at radius 3 is 2.48 bits per heavy atom. The molecule has 0 unspecified atom stereocenters. The van der Waals surface area contributed by atoms with Crippen LogP contribution in [0.1, 0.15) is 50.7 Å². The number of aromatic hydroxyl groups is 1. The summed E-state index contributed by atoms with van der Waals surface area (Å²) >= 11 is 0. The van der Waals surface area contributed by atoms with E-state index in [-0.39, 0.29) is 5.60 Å². The molecule has 0 radical (unpaired) electrons. The Hall–Kier alpha value is -2.22. The minimum atomic E-state index is -0.229. The molecule has 2 aromatic rings. The van der Waals surface area contributed by atoms with Gasteiger partial charge in [0.05, 0.1) is 0 Å². The minimum Gasteiger partial charge on any atom is -0.507 e. The lowest BCUT2D eigenvalue weighted by Crippen LogP contribution is -2.45. The van der Waals surface area contributed by atoms with E-state index in [0.29, 0.717) is 17.6 Å². The summed E-state index contributed by atoms with van der Waals surface area (Å²) in [7, 11) is 0. The van der Waals surface area contributed by atoms with Crippen molar-refractivity contribution in [1.29, 1.82) is 0 Å². The lowest BCUT2D eigenvalue weighted by atomic mass is 9.67. The third-order valence-corrected chi connectivity index (χ3v) is 5.89. The van der Waals surface area contributed by atoms with Crippen LogP contribution in [0.2, 0.25) is 0 Å². The number of phenols is 1. The van der Waals surface area contributed by atoms with Crippen molar-refractivity contribution < 1.29 is 9.84 Å². The molecule has 2 aliphatic rings. The summed E-state index contributed by atoms with van der Waals surface area (Å²) in [4.78, 5) is 0. The summed E-state index contributed by atoms with van der Waals surface area (Å²) in [5.74, 6) is 1.94. The van der Waals surface area contributed by atoms with Crippen LogP contribution in [0.25, 0.3) is 11.1 Å². The van der Waals surface area contributed by atoms with E-state index < -0.39 is 0 Å². The largest absolute Gasteiger partial charge is 0.507 e. The monoisotopic (exact) mass is 334 g/mol. The summed E-state index contributed by atoms with van der Waals surface area (Å²) < 4.78 is 6.40. The second-order valence-electron chi connectivity index (χ2n) is 8.18. The maximum atomic E-state index is 10.8. The number of hydrogen-bond donors (Lipinski definition) is 1. The molecule has 1 aliphatic carbocycles. The summed E-state index contributed by atoms with van der Waals surface area (Å²) in [6, 6.07) is 12.4. The predicted octanol–water partition coefficient (Wildman–Crippen LogP) is 5.98. The van der Waals surface area contributed by atoms with E-state index in [1.165, 1.54) is 11.1 Å². The molecule has 0 aromatic heterocycles. The summed E-state index contributed by atoms with van der Waals surface area (Å²) in [5.41, 5.74) is 5.52. The van der Waals surface area contributed by atoms with Gasteiger partial charge >= 0.3 is 0 Å². The lowest BCUT2D eigenvalue weighted by molar-refractivity contribution is 0.00768. The molecule has 130 valence electrons. The number of allylic oxidation sites excluding steroid dienone is 2. The van der Waals surface area contributed by atoms with Gasteiger partial charge in [-0.3, -0.25) is 0 Å². The molecule has 2 nitrogen and oxygen atoms in total. The Morgan fingerprint density at radius 2 is 1.76 bits per heavy atom. The number of hydrogen-bond acceptors (Lipinski definition) is 2. The quantitative estimate of drug-likeness (QED) is 0.650. The van der Waals surface area contributed by atoms with E-state index in [0.717, 1.165) is 35.3 Å². The predicted molar refractivity (Wildman–Crippen MR) is 102 cm³/mol. The number of rotatable bonds is 1. The zero-order valence-electron chi connectivity index (χ0n) is 15.5. The second-order valence-corrected chi connectivity index (χ2v) is 8.18. The SMILES string of the molecule is CC1=CC[C@@H]2[C@@H](C1)c1c(O)cc(-c3ccc(C)cc3)cc1OC2(C)C. The summed E-state index contributed by atoms with van der Waals surface area (Å²) in [6.45, 7) is 8.63. The van der Waals surface area contributed by atoms with Crippen molar-refractivity contribution in [2.75, 3.05) is 0 Å². The maximum Gasteiger partial charge on any atom is 0.127 e. The first-order valence-electron chi connectivity index (χ1n) is 9.14.